The van der Waals surface area contributed by atoms with E-state index in [1.165, 1.54) is 32.6 Å². The zero-order chi connectivity index (χ0) is 60.8. The number of hydrogen-bond donors (Lipinski definition) is 0. The summed E-state index contributed by atoms with van der Waals surface area (Å²) < 4.78 is 15.1. The molecule has 0 saturated heterocycles. The molecular formula is C84H53B2N5O2. The van der Waals surface area contributed by atoms with Gasteiger partial charge in [-0.1, -0.05) is 188 Å². The molecule has 0 N–H and O–H groups in total. The number of anilines is 15. The molecule has 0 unspecified atom stereocenters. The Morgan fingerprint density at radius 3 is 1.05 bits per heavy atom. The van der Waals surface area contributed by atoms with E-state index in [2.05, 4.69) is 346 Å². The van der Waals surface area contributed by atoms with Crippen LogP contribution in [0.4, 0.5) is 85.3 Å². The highest BCUT2D eigenvalue weighted by molar-refractivity contribution is 7.02. The molecule has 0 fully saturated rings. The summed E-state index contributed by atoms with van der Waals surface area (Å²) in [6.07, 6.45) is 0. The molecule has 0 aliphatic carbocycles. The summed E-state index contributed by atoms with van der Waals surface area (Å²) in [5.74, 6) is 0. The molecule has 0 bridgehead atoms. The Kier molecular flexibility index (Phi) is 11.2. The number of hydrogen-bond acceptors (Lipinski definition) is 7. The van der Waals surface area contributed by atoms with Gasteiger partial charge in [-0.3, -0.25) is 0 Å². The van der Waals surface area contributed by atoms with Crippen LogP contribution in [0.3, 0.4) is 0 Å². The van der Waals surface area contributed by atoms with E-state index in [4.69, 9.17) is 8.83 Å². The molecule has 0 saturated carbocycles. The number of fused-ring (bicyclic) bond motifs is 14. The van der Waals surface area contributed by atoms with E-state index in [0.29, 0.717) is 0 Å². The van der Waals surface area contributed by atoms with Gasteiger partial charge in [0.05, 0.1) is 28.4 Å². The third kappa shape index (κ3) is 7.62. The summed E-state index contributed by atoms with van der Waals surface area (Å²) in [5.41, 5.74) is 26.2. The fourth-order valence-corrected chi connectivity index (χ4v) is 15.9. The van der Waals surface area contributed by atoms with E-state index in [0.717, 1.165) is 141 Å². The molecule has 0 spiro atoms. The van der Waals surface area contributed by atoms with E-state index in [9.17, 15) is 0 Å². The van der Waals surface area contributed by atoms with Gasteiger partial charge in [0.25, 0.3) is 13.4 Å². The molecule has 4 aliphatic rings. The van der Waals surface area contributed by atoms with E-state index in [-0.39, 0.29) is 13.4 Å². The number of para-hydroxylation sites is 8. The van der Waals surface area contributed by atoms with E-state index in [1.54, 1.807) is 0 Å². The standard InChI is InChI=1S/C84H53B2N5O2/c1-7-29-57(30-8-1)87(58-31-9-2-10-32-58)63-50-74-80-75(51-63)91(62-39-17-6-18-40-62)82-67-44-24-26-46-77(67)93-84(82)86(80)69-52-68-70(53-71(69)89(74)60-35-13-4-14-36-60)88(59-33-11-3-12-34-59)72-48-56(78-64-41-21-19-27-54(64)47-55-28-20-22-42-65(55)78)49-73-79(72)85(68)83-81(66-43-23-25-45-76(66)92-83)90(73)61-37-15-5-16-38-61/h1-53H. The van der Waals surface area contributed by atoms with Crippen LogP contribution in [0.25, 0.3) is 54.6 Å². The van der Waals surface area contributed by atoms with Crippen molar-refractivity contribution in [2.45, 2.75) is 0 Å². The molecule has 93 heavy (non-hydrogen) atoms. The lowest BCUT2D eigenvalue weighted by Crippen LogP contribution is -2.65. The summed E-state index contributed by atoms with van der Waals surface area (Å²) in [5, 5.41) is 6.89. The van der Waals surface area contributed by atoms with Crippen LogP contribution < -0.4 is 57.7 Å². The van der Waals surface area contributed by atoms with Crippen molar-refractivity contribution in [2.75, 3.05) is 24.5 Å². The van der Waals surface area contributed by atoms with Gasteiger partial charge in [0.15, 0.2) is 0 Å². The minimum absolute atomic E-state index is 0.366. The number of benzene rings is 14. The molecule has 6 heterocycles. The van der Waals surface area contributed by atoms with Gasteiger partial charge in [-0.2, -0.15) is 0 Å². The Morgan fingerprint density at radius 2 is 0.613 bits per heavy atom. The topological polar surface area (TPSA) is 42.5 Å². The molecule has 432 valence electrons. The third-order valence-electron chi connectivity index (χ3n) is 19.6. The molecule has 20 rings (SSSR count). The maximum Gasteiger partial charge on any atom is 0.297 e. The Labute approximate surface area is 538 Å². The van der Waals surface area contributed by atoms with E-state index in [1.807, 2.05) is 0 Å². The van der Waals surface area contributed by atoms with Gasteiger partial charge < -0.3 is 33.3 Å². The van der Waals surface area contributed by atoms with Crippen LogP contribution in [0.1, 0.15) is 0 Å². The average Bonchev–Trinajstić information content (AvgIpc) is 1.67. The van der Waals surface area contributed by atoms with Crippen LogP contribution in [-0.2, 0) is 0 Å². The van der Waals surface area contributed by atoms with Crippen LogP contribution >= 0.6 is 0 Å². The van der Waals surface area contributed by atoms with Crippen molar-refractivity contribution in [1.29, 1.82) is 0 Å². The zero-order valence-corrected chi connectivity index (χ0v) is 50.3. The van der Waals surface area contributed by atoms with Gasteiger partial charge in [-0.25, -0.2) is 0 Å². The van der Waals surface area contributed by atoms with Gasteiger partial charge in [0.1, 0.15) is 11.2 Å². The minimum atomic E-state index is -0.374. The Morgan fingerprint density at radius 1 is 0.269 bits per heavy atom. The minimum Gasteiger partial charge on any atom is -0.468 e. The van der Waals surface area contributed by atoms with Gasteiger partial charge >= 0.3 is 0 Å². The van der Waals surface area contributed by atoms with Crippen molar-refractivity contribution in [3.05, 3.63) is 322 Å². The molecule has 2 aromatic heterocycles. The van der Waals surface area contributed by atoms with Crippen LogP contribution in [0.15, 0.2) is 330 Å². The predicted molar refractivity (Wildman–Crippen MR) is 389 cm³/mol. The summed E-state index contributed by atoms with van der Waals surface area (Å²) in [4.78, 5) is 12.4. The Balaban J connectivity index is 0.941. The van der Waals surface area contributed by atoms with Gasteiger partial charge in [0, 0.05) is 79.0 Å². The molecule has 0 amide bonds. The molecule has 4 aliphatic heterocycles. The number of nitrogens with zero attached hydrogens (tertiary/aromatic N) is 5. The maximum absolute atomic E-state index is 7.56. The van der Waals surface area contributed by atoms with Crippen LogP contribution in [0.2, 0.25) is 0 Å². The van der Waals surface area contributed by atoms with Crippen LogP contribution in [0, 0.1) is 0 Å². The van der Waals surface area contributed by atoms with Crippen molar-refractivity contribution in [2.24, 2.45) is 0 Å². The lowest BCUT2D eigenvalue weighted by atomic mass is 9.32. The monoisotopic (exact) mass is 1190 g/mol. The van der Waals surface area contributed by atoms with Crippen molar-refractivity contribution in [3.63, 3.8) is 0 Å². The maximum atomic E-state index is 7.56. The molecule has 16 aromatic rings. The highest BCUT2D eigenvalue weighted by atomic mass is 16.3. The average molecular weight is 1190 g/mol. The first-order valence-electron chi connectivity index (χ1n) is 32.0. The fourth-order valence-electron chi connectivity index (χ4n) is 15.9. The number of rotatable bonds is 8. The summed E-state index contributed by atoms with van der Waals surface area (Å²) >= 11 is 0. The summed E-state index contributed by atoms with van der Waals surface area (Å²) in [6, 6.07) is 117. The molecular weight excluding hydrogens is 1130 g/mol. The first-order valence-corrected chi connectivity index (χ1v) is 32.0. The van der Waals surface area contributed by atoms with Crippen molar-refractivity contribution in [3.8, 4) is 11.1 Å². The van der Waals surface area contributed by atoms with Crippen molar-refractivity contribution >= 4 is 175 Å². The Bertz CT molecular complexity index is 5600. The quantitative estimate of drug-likeness (QED) is 0.111. The second kappa shape index (κ2) is 20.2. The fraction of sp³-hybridized carbons (Fsp3) is 0. The SMILES string of the molecule is c1ccc(N(c2ccccc2)c2cc3c4c(c2)N(c2ccccc2)c2c(oc5ccccc25)B4c2cc4c(cc2N3c2ccccc2)N(c2ccccc2)c2cc(-c3c5ccccc5cc5ccccc35)cc3c2B4c2oc4ccccc4c2N3c2ccccc2)cc1. The molecule has 9 heteroatoms. The lowest BCUT2D eigenvalue weighted by Gasteiger charge is -2.46. The lowest BCUT2D eigenvalue weighted by molar-refractivity contribution is 0.651. The van der Waals surface area contributed by atoms with Gasteiger partial charge in [-0.15, -0.1) is 0 Å². The van der Waals surface area contributed by atoms with Crippen LogP contribution in [-0.4, -0.2) is 13.4 Å². The molecule has 0 atom stereocenters. The number of furan rings is 2. The van der Waals surface area contributed by atoms with Crippen LogP contribution in [0.5, 0.6) is 0 Å². The first-order chi connectivity index (χ1) is 46.2. The van der Waals surface area contributed by atoms with Crippen molar-refractivity contribution in [1.82, 2.24) is 0 Å². The van der Waals surface area contributed by atoms with Gasteiger partial charge in [-0.05, 0) is 188 Å². The predicted octanol–water partition coefficient (Wildman–Crippen LogP) is 18.8. The molecule has 7 nitrogen and oxygen atoms in total. The van der Waals surface area contributed by atoms with E-state index < -0.39 is 0 Å². The third-order valence-corrected chi connectivity index (χ3v) is 19.6. The zero-order valence-electron chi connectivity index (χ0n) is 50.3. The smallest absolute Gasteiger partial charge is 0.297 e. The summed E-state index contributed by atoms with van der Waals surface area (Å²) in [6.45, 7) is -0.740. The molecule has 0 radical (unpaired) electrons. The van der Waals surface area contributed by atoms with Crippen molar-refractivity contribution < 1.29 is 8.83 Å². The first kappa shape index (κ1) is 51.7. The second-order valence-corrected chi connectivity index (χ2v) is 24.7. The highest BCUT2D eigenvalue weighted by Gasteiger charge is 2.52. The Hall–Kier alpha value is -12.2. The molecule has 14 aromatic carbocycles. The summed E-state index contributed by atoms with van der Waals surface area (Å²) in [7, 11) is 0. The van der Waals surface area contributed by atoms with Gasteiger partial charge in [0.2, 0.25) is 0 Å². The second-order valence-electron chi connectivity index (χ2n) is 24.7. The van der Waals surface area contributed by atoms with E-state index >= 15 is 0 Å². The normalized spacial score (nSPS) is 13.2. The largest absolute Gasteiger partial charge is 0.468 e. The highest BCUT2D eigenvalue weighted by Crippen LogP contribution is 2.54.